The number of anilines is 1. The van der Waals surface area contributed by atoms with E-state index >= 15 is 0 Å². The van der Waals surface area contributed by atoms with E-state index in [9.17, 15) is 9.67 Å². The lowest BCUT2D eigenvalue weighted by atomic mass is 9.77. The summed E-state index contributed by atoms with van der Waals surface area (Å²) >= 11 is 0. The molecule has 0 amide bonds. The van der Waals surface area contributed by atoms with Gasteiger partial charge >= 0.3 is 7.60 Å². The monoisotopic (exact) mass is 510 g/mol. The molecule has 1 aromatic rings. The second-order valence-electron chi connectivity index (χ2n) is 13.4. The summed E-state index contributed by atoms with van der Waals surface area (Å²) in [7, 11) is -3.37. The zero-order valence-electron chi connectivity index (χ0n) is 24.3. The lowest BCUT2D eigenvalue weighted by Crippen LogP contribution is -2.62. The summed E-state index contributed by atoms with van der Waals surface area (Å²) in [5.41, 5.74) is 2.02. The number of benzene rings is 1. The Morgan fingerprint density at radius 1 is 0.943 bits per heavy atom. The van der Waals surface area contributed by atoms with E-state index in [0.29, 0.717) is 19.0 Å². The van der Waals surface area contributed by atoms with Crippen LogP contribution in [0.4, 0.5) is 5.69 Å². The van der Waals surface area contributed by atoms with Gasteiger partial charge < -0.3 is 24.4 Å². The lowest BCUT2D eigenvalue weighted by molar-refractivity contribution is 0.157. The highest BCUT2D eigenvalue weighted by Crippen LogP contribution is 2.52. The Morgan fingerprint density at radius 2 is 1.34 bits per heavy atom. The maximum atomic E-state index is 13.8. The zero-order valence-corrected chi connectivity index (χ0v) is 25.2. The molecular formula is C28H51N2O4P. The average Bonchev–Trinajstić information content (AvgIpc) is 2.62. The van der Waals surface area contributed by atoms with Crippen molar-refractivity contribution in [2.75, 3.05) is 24.4 Å². The van der Waals surface area contributed by atoms with Crippen LogP contribution >= 0.6 is 7.60 Å². The van der Waals surface area contributed by atoms with Crippen molar-refractivity contribution < 1.29 is 18.7 Å². The van der Waals surface area contributed by atoms with Gasteiger partial charge in [0.2, 0.25) is 0 Å². The van der Waals surface area contributed by atoms with Gasteiger partial charge in [0, 0.05) is 33.9 Å². The Hall–Kier alpha value is -1.07. The molecule has 0 aliphatic carbocycles. The molecule has 0 unspecified atom stereocenters. The van der Waals surface area contributed by atoms with Crippen molar-refractivity contribution in [2.24, 2.45) is 0 Å². The van der Waals surface area contributed by atoms with Crippen molar-refractivity contribution in [2.45, 2.75) is 124 Å². The van der Waals surface area contributed by atoms with Crippen LogP contribution in [0.25, 0.3) is 0 Å². The minimum atomic E-state index is -3.37. The molecule has 6 nitrogen and oxygen atoms in total. The predicted molar refractivity (Wildman–Crippen MR) is 148 cm³/mol. The van der Waals surface area contributed by atoms with Crippen LogP contribution in [0.1, 0.15) is 107 Å². The van der Waals surface area contributed by atoms with Crippen molar-refractivity contribution in [3.63, 3.8) is 0 Å². The summed E-state index contributed by atoms with van der Waals surface area (Å²) in [5, 5.41) is 15.1. The van der Waals surface area contributed by atoms with E-state index in [-0.39, 0.29) is 34.2 Å². The number of aromatic hydroxyl groups is 1. The van der Waals surface area contributed by atoms with Gasteiger partial charge in [-0.1, -0.05) is 41.5 Å². The number of rotatable bonds is 8. The first kappa shape index (κ1) is 30.2. The number of hydrogen-bond donors (Lipinski definition) is 2. The number of nitrogens with zero attached hydrogens (tertiary/aromatic N) is 1. The van der Waals surface area contributed by atoms with Gasteiger partial charge in [-0.05, 0) is 77.3 Å². The zero-order chi connectivity index (χ0) is 27.0. The number of hydrogen-bond acceptors (Lipinski definition) is 6. The Morgan fingerprint density at radius 3 is 1.69 bits per heavy atom. The second kappa shape index (κ2) is 10.4. The van der Waals surface area contributed by atoms with Crippen molar-refractivity contribution in [3.8, 4) is 5.75 Å². The maximum Gasteiger partial charge on any atom is 0.349 e. The molecule has 0 saturated carbocycles. The van der Waals surface area contributed by atoms with Crippen molar-refractivity contribution >= 4 is 13.3 Å². The fraction of sp³-hybridized carbons (Fsp3) is 0.786. The Balaban J connectivity index is 2.78. The van der Waals surface area contributed by atoms with Gasteiger partial charge in [-0.15, -0.1) is 0 Å². The maximum absolute atomic E-state index is 13.8. The molecule has 2 N–H and O–H groups in total. The average molecular weight is 511 g/mol. The minimum Gasteiger partial charge on any atom is -0.507 e. The van der Waals surface area contributed by atoms with Crippen LogP contribution in [0.5, 0.6) is 5.75 Å². The fourth-order valence-electron chi connectivity index (χ4n) is 5.52. The summed E-state index contributed by atoms with van der Waals surface area (Å²) in [4.78, 5) is 2.24. The summed E-state index contributed by atoms with van der Waals surface area (Å²) in [6, 6.07) is 4.27. The standard InChI is InChI=1S/C28H51N2O4P/c1-13-33-35(32,34-14-2)19-30(21-17-27(9,10)29-28(11,12)18-21)20-15-22(25(3,4)5)24(31)23(16-20)26(6,7)8/h15-16,21,29,31H,13-14,17-19H2,1-12H3. The predicted octanol–water partition coefficient (Wildman–Crippen LogP) is 7.33. The molecule has 0 atom stereocenters. The van der Waals surface area contributed by atoms with Crippen LogP contribution < -0.4 is 10.2 Å². The third-order valence-electron chi connectivity index (χ3n) is 6.63. The highest BCUT2D eigenvalue weighted by Gasteiger charge is 2.43. The highest BCUT2D eigenvalue weighted by molar-refractivity contribution is 7.54. The second-order valence-corrected chi connectivity index (χ2v) is 15.4. The molecule has 1 saturated heterocycles. The third kappa shape index (κ3) is 7.71. The molecule has 0 aromatic heterocycles. The first-order valence-corrected chi connectivity index (χ1v) is 14.8. The Kier molecular flexibility index (Phi) is 8.93. The Labute approximate surface area is 214 Å². The first-order chi connectivity index (χ1) is 15.7. The minimum absolute atomic E-state index is 0.0947. The highest BCUT2D eigenvalue weighted by atomic mass is 31.2. The first-order valence-electron chi connectivity index (χ1n) is 13.1. The largest absolute Gasteiger partial charge is 0.507 e. The Bertz CT molecular complexity index is 867. The molecule has 1 aromatic carbocycles. The van der Waals surface area contributed by atoms with Crippen LogP contribution in [0.2, 0.25) is 0 Å². The molecule has 1 aliphatic rings. The number of nitrogens with one attached hydrogen (secondary N) is 1. The molecule has 1 aliphatic heterocycles. The van der Waals surface area contributed by atoms with Crippen LogP contribution in [0.3, 0.4) is 0 Å². The van der Waals surface area contributed by atoms with Gasteiger partial charge in [-0.3, -0.25) is 4.57 Å². The SMILES string of the molecule is CCOP(=O)(CN(c1cc(C(C)(C)C)c(O)c(C(C)(C)C)c1)C1CC(C)(C)NC(C)(C)C1)OCC. The lowest BCUT2D eigenvalue weighted by Gasteiger charge is -2.50. The summed E-state index contributed by atoms with van der Waals surface area (Å²) in [5.74, 6) is 0.345. The summed E-state index contributed by atoms with van der Waals surface area (Å²) in [6.07, 6.45) is 1.93. The molecule has 7 heteroatoms. The van der Waals surface area contributed by atoms with E-state index in [1.807, 2.05) is 13.8 Å². The van der Waals surface area contributed by atoms with Crippen molar-refractivity contribution in [1.82, 2.24) is 5.32 Å². The topological polar surface area (TPSA) is 71.0 Å². The van der Waals surface area contributed by atoms with E-state index in [1.165, 1.54) is 0 Å². The molecular weight excluding hydrogens is 459 g/mol. The fourth-order valence-corrected chi connectivity index (χ4v) is 7.32. The van der Waals surface area contributed by atoms with Crippen LogP contribution in [0.15, 0.2) is 12.1 Å². The number of piperidine rings is 1. The summed E-state index contributed by atoms with van der Waals surface area (Å²) < 4.78 is 25.4. The van der Waals surface area contributed by atoms with Gasteiger partial charge in [0.05, 0.1) is 13.2 Å². The van der Waals surface area contributed by atoms with E-state index in [2.05, 4.69) is 91.6 Å². The van der Waals surface area contributed by atoms with Crippen LogP contribution in [-0.2, 0) is 24.4 Å². The van der Waals surface area contributed by atoms with E-state index in [1.54, 1.807) is 0 Å². The third-order valence-corrected chi connectivity index (χ3v) is 8.58. The molecule has 202 valence electrons. The van der Waals surface area contributed by atoms with Crippen LogP contribution in [0, 0.1) is 0 Å². The van der Waals surface area contributed by atoms with Crippen molar-refractivity contribution in [1.29, 1.82) is 0 Å². The molecule has 2 rings (SSSR count). The van der Waals surface area contributed by atoms with Crippen molar-refractivity contribution in [3.05, 3.63) is 23.3 Å². The van der Waals surface area contributed by atoms with Gasteiger partial charge in [0.25, 0.3) is 0 Å². The van der Waals surface area contributed by atoms with E-state index in [0.717, 1.165) is 29.7 Å². The molecule has 0 spiro atoms. The van der Waals surface area contributed by atoms with Gasteiger partial charge in [0.1, 0.15) is 12.0 Å². The quantitative estimate of drug-likeness (QED) is 0.357. The van der Waals surface area contributed by atoms with Gasteiger partial charge in [-0.2, -0.15) is 0 Å². The molecule has 0 radical (unpaired) electrons. The van der Waals surface area contributed by atoms with Gasteiger partial charge in [-0.25, -0.2) is 0 Å². The van der Waals surface area contributed by atoms with E-state index in [4.69, 9.17) is 9.05 Å². The van der Waals surface area contributed by atoms with Crippen LogP contribution in [-0.4, -0.2) is 41.7 Å². The smallest absolute Gasteiger partial charge is 0.349 e. The number of phenolic OH excluding ortho intramolecular Hbond substituents is 1. The molecule has 1 fully saturated rings. The molecule has 0 bridgehead atoms. The normalized spacial score (nSPS) is 19.1. The number of phenols is 1. The van der Waals surface area contributed by atoms with E-state index < -0.39 is 7.60 Å². The molecule has 1 heterocycles. The summed E-state index contributed by atoms with van der Waals surface area (Å²) in [6.45, 7) is 25.9. The molecule has 35 heavy (non-hydrogen) atoms. The van der Waals surface area contributed by atoms with Gasteiger partial charge in [0.15, 0.2) is 0 Å².